The van der Waals surface area contributed by atoms with Gasteiger partial charge in [0.25, 0.3) is 0 Å². The first-order valence-electron chi connectivity index (χ1n) is 7.83. The molecule has 132 valence electrons. The number of halogens is 3. The molecule has 1 fully saturated rings. The lowest BCUT2D eigenvalue weighted by Gasteiger charge is -2.42. The summed E-state index contributed by atoms with van der Waals surface area (Å²) in [4.78, 5) is 2.32. The van der Waals surface area contributed by atoms with E-state index in [1.807, 2.05) is 6.07 Å². The average molecular weight is 357 g/mol. The van der Waals surface area contributed by atoms with E-state index < -0.39 is 11.6 Å². The van der Waals surface area contributed by atoms with Gasteiger partial charge >= 0.3 is 0 Å². The summed E-state index contributed by atoms with van der Waals surface area (Å²) in [5, 5.41) is 4.41. The van der Waals surface area contributed by atoms with Gasteiger partial charge in [-0.3, -0.25) is 4.90 Å². The van der Waals surface area contributed by atoms with Gasteiger partial charge < -0.3 is 5.73 Å². The van der Waals surface area contributed by atoms with E-state index >= 15 is 0 Å². The monoisotopic (exact) mass is 356 g/mol. The van der Waals surface area contributed by atoms with Crippen molar-refractivity contribution in [2.24, 2.45) is 11.1 Å². The number of hydrogen-bond donors (Lipinski definition) is 1. The summed E-state index contributed by atoms with van der Waals surface area (Å²) in [5.41, 5.74) is 7.34. The number of benzene rings is 1. The highest BCUT2D eigenvalue weighted by Crippen LogP contribution is 2.28. The molecule has 4 nitrogen and oxygen atoms in total. The second-order valence-electron chi connectivity index (χ2n) is 6.94. The zero-order chi connectivity index (χ0) is 16.6. The molecule has 0 spiro atoms. The molecule has 1 atom stereocenters. The minimum atomic E-state index is -0.621. The van der Waals surface area contributed by atoms with Gasteiger partial charge in [-0.25, -0.2) is 13.5 Å². The van der Waals surface area contributed by atoms with Gasteiger partial charge in [-0.2, -0.15) is 5.10 Å². The van der Waals surface area contributed by atoms with E-state index in [1.54, 1.807) is 6.20 Å². The number of piperidine rings is 1. The van der Waals surface area contributed by atoms with Gasteiger partial charge in [0.15, 0.2) is 5.82 Å². The van der Waals surface area contributed by atoms with Crippen molar-refractivity contribution in [1.29, 1.82) is 0 Å². The quantitative estimate of drug-likeness (QED) is 0.919. The van der Waals surface area contributed by atoms with Crippen molar-refractivity contribution >= 4 is 12.4 Å². The van der Waals surface area contributed by atoms with Crippen molar-refractivity contribution in [3.63, 3.8) is 0 Å². The fourth-order valence-corrected chi connectivity index (χ4v) is 3.10. The minimum Gasteiger partial charge on any atom is -0.327 e. The highest BCUT2D eigenvalue weighted by Gasteiger charge is 2.33. The predicted octanol–water partition coefficient (Wildman–Crippen LogP) is 3.13. The highest BCUT2D eigenvalue weighted by molar-refractivity contribution is 5.85. The van der Waals surface area contributed by atoms with Crippen LogP contribution in [-0.4, -0.2) is 33.8 Å². The van der Waals surface area contributed by atoms with Crippen LogP contribution in [0, 0.1) is 17.0 Å². The molecule has 1 unspecified atom stereocenters. The number of hydrogen-bond acceptors (Lipinski definition) is 3. The Balaban J connectivity index is 0.00000208. The Morgan fingerprint density at radius 2 is 2.04 bits per heavy atom. The second-order valence-corrected chi connectivity index (χ2v) is 6.94. The molecule has 2 N–H and O–H groups in total. The number of nitrogens with two attached hydrogens (primary N) is 1. The van der Waals surface area contributed by atoms with Crippen LogP contribution in [0.3, 0.4) is 0 Å². The Hall–Kier alpha value is -1.50. The summed E-state index contributed by atoms with van der Waals surface area (Å²) in [5.74, 6) is -1.21. The van der Waals surface area contributed by atoms with Crippen LogP contribution < -0.4 is 5.73 Å². The topological polar surface area (TPSA) is 47.1 Å². The number of aromatic nitrogens is 2. The number of nitrogens with zero attached hydrogens (tertiary/aromatic N) is 3. The van der Waals surface area contributed by atoms with Crippen LogP contribution >= 0.6 is 12.4 Å². The second kappa shape index (κ2) is 7.17. The van der Waals surface area contributed by atoms with Crippen LogP contribution in [0.25, 0.3) is 5.69 Å². The largest absolute Gasteiger partial charge is 0.327 e. The van der Waals surface area contributed by atoms with E-state index in [1.165, 1.54) is 16.8 Å². The molecule has 0 bridgehead atoms. The SMILES string of the molecule is CC1(C)CN(Cc2ccn(-c3ccc(F)cc3F)n2)CCC1N.Cl. The third kappa shape index (κ3) is 3.94. The Kier molecular flexibility index (Phi) is 5.63. The van der Waals surface area contributed by atoms with E-state index in [-0.39, 0.29) is 29.6 Å². The highest BCUT2D eigenvalue weighted by atomic mass is 35.5. The van der Waals surface area contributed by atoms with Crippen LogP contribution in [0.4, 0.5) is 8.78 Å². The molecule has 0 aliphatic carbocycles. The predicted molar refractivity (Wildman–Crippen MR) is 92.4 cm³/mol. The van der Waals surface area contributed by atoms with Gasteiger partial charge in [0.1, 0.15) is 11.5 Å². The van der Waals surface area contributed by atoms with Gasteiger partial charge in [0.05, 0.1) is 5.69 Å². The Bertz CT molecular complexity index is 702. The lowest BCUT2D eigenvalue weighted by Crippen LogP contribution is -2.52. The third-order valence-electron chi connectivity index (χ3n) is 4.58. The lowest BCUT2D eigenvalue weighted by atomic mass is 9.80. The van der Waals surface area contributed by atoms with Gasteiger partial charge in [0.2, 0.25) is 0 Å². The molecule has 1 aromatic heterocycles. The lowest BCUT2D eigenvalue weighted by molar-refractivity contribution is 0.0888. The van der Waals surface area contributed by atoms with Gasteiger partial charge in [0, 0.05) is 37.9 Å². The van der Waals surface area contributed by atoms with E-state index in [0.29, 0.717) is 6.54 Å². The van der Waals surface area contributed by atoms with E-state index in [2.05, 4.69) is 23.8 Å². The van der Waals surface area contributed by atoms with Crippen molar-refractivity contribution < 1.29 is 8.78 Å². The van der Waals surface area contributed by atoms with Crippen molar-refractivity contribution in [1.82, 2.24) is 14.7 Å². The molecule has 7 heteroatoms. The van der Waals surface area contributed by atoms with Crippen LogP contribution in [0.1, 0.15) is 26.0 Å². The zero-order valence-corrected chi connectivity index (χ0v) is 14.7. The first-order valence-corrected chi connectivity index (χ1v) is 7.83. The molecule has 3 rings (SSSR count). The third-order valence-corrected chi connectivity index (χ3v) is 4.58. The van der Waals surface area contributed by atoms with E-state index in [4.69, 9.17) is 5.73 Å². The van der Waals surface area contributed by atoms with Crippen LogP contribution in [0.2, 0.25) is 0 Å². The average Bonchev–Trinajstić information content (AvgIpc) is 2.91. The van der Waals surface area contributed by atoms with Gasteiger partial charge in [-0.15, -0.1) is 12.4 Å². The Labute approximate surface area is 147 Å². The Morgan fingerprint density at radius 3 is 2.71 bits per heavy atom. The first kappa shape index (κ1) is 18.8. The molecular formula is C17H23ClF2N4. The zero-order valence-electron chi connectivity index (χ0n) is 13.9. The van der Waals surface area contributed by atoms with E-state index in [9.17, 15) is 8.78 Å². The molecule has 2 aromatic rings. The van der Waals surface area contributed by atoms with Crippen molar-refractivity contribution in [2.45, 2.75) is 32.9 Å². The molecule has 2 heterocycles. The fraction of sp³-hybridized carbons (Fsp3) is 0.471. The molecule has 1 aromatic carbocycles. The molecule has 1 aliphatic rings. The standard InChI is InChI=1S/C17H22F2N4.ClH/c1-17(2)11-22(7-6-16(17)20)10-13-5-8-23(21-13)15-4-3-12(18)9-14(15)19;/h3-5,8-9,16H,6-7,10-11,20H2,1-2H3;1H. The summed E-state index contributed by atoms with van der Waals surface area (Å²) >= 11 is 0. The normalized spacial score (nSPS) is 20.6. The molecule has 24 heavy (non-hydrogen) atoms. The van der Waals surface area contributed by atoms with Crippen LogP contribution in [0.15, 0.2) is 30.5 Å². The summed E-state index contributed by atoms with van der Waals surface area (Å²) < 4.78 is 28.3. The maximum absolute atomic E-state index is 13.8. The first-order chi connectivity index (χ1) is 10.8. The summed E-state index contributed by atoms with van der Waals surface area (Å²) in [6.45, 7) is 6.90. The summed E-state index contributed by atoms with van der Waals surface area (Å²) in [6, 6.07) is 5.57. The summed E-state index contributed by atoms with van der Waals surface area (Å²) in [6.07, 6.45) is 2.66. The molecule has 1 saturated heterocycles. The maximum atomic E-state index is 13.8. The smallest absolute Gasteiger partial charge is 0.151 e. The van der Waals surface area contributed by atoms with Crippen molar-refractivity contribution in [3.05, 3.63) is 47.8 Å². The maximum Gasteiger partial charge on any atom is 0.151 e. The van der Waals surface area contributed by atoms with Crippen LogP contribution in [0.5, 0.6) is 0 Å². The number of likely N-dealkylation sites (tertiary alicyclic amines) is 1. The van der Waals surface area contributed by atoms with E-state index in [0.717, 1.165) is 31.3 Å². The molecule has 1 aliphatic heterocycles. The van der Waals surface area contributed by atoms with Crippen molar-refractivity contribution in [2.75, 3.05) is 13.1 Å². The minimum absolute atomic E-state index is 0. The summed E-state index contributed by atoms with van der Waals surface area (Å²) in [7, 11) is 0. The Morgan fingerprint density at radius 1 is 1.29 bits per heavy atom. The molecule has 0 saturated carbocycles. The molecule has 0 amide bonds. The van der Waals surface area contributed by atoms with Crippen molar-refractivity contribution in [3.8, 4) is 5.69 Å². The molecule has 0 radical (unpaired) electrons. The van der Waals surface area contributed by atoms with Crippen LogP contribution in [-0.2, 0) is 6.54 Å². The van der Waals surface area contributed by atoms with Gasteiger partial charge in [-0.05, 0) is 30.0 Å². The number of rotatable bonds is 3. The molecular weight excluding hydrogens is 334 g/mol. The van der Waals surface area contributed by atoms with Gasteiger partial charge in [-0.1, -0.05) is 13.8 Å². The fourth-order valence-electron chi connectivity index (χ4n) is 3.10.